The van der Waals surface area contributed by atoms with Crippen molar-refractivity contribution in [2.45, 2.75) is 11.5 Å². The molecule has 0 spiro atoms. The molecule has 0 amide bonds. The van der Waals surface area contributed by atoms with Crippen LogP contribution in [0.4, 0.5) is 4.39 Å². The van der Waals surface area contributed by atoms with Crippen LogP contribution in [0.3, 0.4) is 0 Å². The van der Waals surface area contributed by atoms with Gasteiger partial charge >= 0.3 is 5.97 Å². The Hall–Kier alpha value is -0.980. The molecule has 1 fully saturated rings. The normalized spacial score (nSPS) is 19.1. The minimum Gasteiger partial charge on any atom is -0.480 e. The molecule has 0 saturated carbocycles. The van der Waals surface area contributed by atoms with E-state index in [1.165, 1.54) is 6.07 Å². The molecule has 4 nitrogen and oxygen atoms in total. The molecule has 0 aliphatic carbocycles. The number of carboxylic acid groups (broad SMARTS) is 1. The lowest BCUT2D eigenvalue weighted by atomic mass is 9.72. The third-order valence-corrected chi connectivity index (χ3v) is 3.77. The molecule has 1 aromatic rings. The maximum atomic E-state index is 13.9. The van der Waals surface area contributed by atoms with Crippen LogP contribution in [0.15, 0.2) is 22.7 Å². The van der Waals surface area contributed by atoms with Crippen LogP contribution >= 0.6 is 15.9 Å². The molecule has 1 aromatic carbocycles. The van der Waals surface area contributed by atoms with Gasteiger partial charge in [0.2, 0.25) is 0 Å². The number of ether oxygens (including phenoxy) is 1. The summed E-state index contributed by atoms with van der Waals surface area (Å²) in [6, 6.07) is 3.65. The van der Waals surface area contributed by atoms with E-state index >= 15 is 0 Å². The predicted molar refractivity (Wildman–Crippen MR) is 67.1 cm³/mol. The molecule has 6 heteroatoms. The highest BCUT2D eigenvalue weighted by molar-refractivity contribution is 9.10. The summed E-state index contributed by atoms with van der Waals surface area (Å²) in [7, 11) is 1.55. The van der Waals surface area contributed by atoms with Crippen molar-refractivity contribution in [3.63, 3.8) is 0 Å². The molecule has 1 aliphatic heterocycles. The van der Waals surface area contributed by atoms with Gasteiger partial charge in [0.1, 0.15) is 11.9 Å². The van der Waals surface area contributed by atoms with Crippen molar-refractivity contribution in [1.29, 1.82) is 0 Å². The largest absolute Gasteiger partial charge is 0.480 e. The van der Waals surface area contributed by atoms with Gasteiger partial charge in [0, 0.05) is 10.0 Å². The zero-order chi connectivity index (χ0) is 13.3. The summed E-state index contributed by atoms with van der Waals surface area (Å²) in [6.07, 6.45) is 0. The minimum absolute atomic E-state index is 0.193. The third kappa shape index (κ3) is 2.04. The number of hydrogen-bond donors (Lipinski definition) is 2. The highest BCUT2D eigenvalue weighted by Crippen LogP contribution is 2.38. The summed E-state index contributed by atoms with van der Waals surface area (Å²) in [4.78, 5) is 11.3. The van der Waals surface area contributed by atoms with Gasteiger partial charge in [-0.2, -0.15) is 0 Å². The van der Waals surface area contributed by atoms with Gasteiger partial charge < -0.3 is 15.2 Å². The summed E-state index contributed by atoms with van der Waals surface area (Å²) in [5.74, 6) is -1.43. The molecule has 18 heavy (non-hydrogen) atoms. The summed E-state index contributed by atoms with van der Waals surface area (Å²) in [5, 5.41) is 12.0. The van der Waals surface area contributed by atoms with Gasteiger partial charge in [0.05, 0.1) is 18.6 Å². The van der Waals surface area contributed by atoms with Crippen molar-refractivity contribution in [1.82, 2.24) is 5.32 Å². The fraction of sp³-hybridized carbons (Fsp3) is 0.417. The van der Waals surface area contributed by atoms with Gasteiger partial charge in [-0.25, -0.2) is 4.39 Å². The lowest BCUT2D eigenvalue weighted by Crippen LogP contribution is -2.63. The van der Waals surface area contributed by atoms with Crippen LogP contribution in [0.1, 0.15) is 5.56 Å². The Morgan fingerprint density at radius 2 is 2.28 bits per heavy atom. The van der Waals surface area contributed by atoms with Crippen molar-refractivity contribution >= 4 is 21.9 Å². The average Bonchev–Trinajstić information content (AvgIpc) is 2.26. The van der Waals surface area contributed by atoms with Crippen LogP contribution in [0.25, 0.3) is 0 Å². The monoisotopic (exact) mass is 317 g/mol. The fourth-order valence-electron chi connectivity index (χ4n) is 2.31. The van der Waals surface area contributed by atoms with Crippen molar-refractivity contribution in [2.75, 3.05) is 20.3 Å². The van der Waals surface area contributed by atoms with Crippen LogP contribution in [-0.4, -0.2) is 37.4 Å². The SMILES string of the molecule is CNC(C(=O)O)C1(c2cc(Br)ccc2F)COC1. The number of benzene rings is 1. The molecular formula is C12H13BrFNO3. The maximum Gasteiger partial charge on any atom is 0.321 e. The number of aliphatic carboxylic acids is 1. The highest BCUT2D eigenvalue weighted by atomic mass is 79.9. The van der Waals surface area contributed by atoms with E-state index in [0.29, 0.717) is 10.0 Å². The second-order valence-electron chi connectivity index (χ2n) is 4.33. The van der Waals surface area contributed by atoms with Crippen molar-refractivity contribution in [2.24, 2.45) is 0 Å². The summed E-state index contributed by atoms with van der Waals surface area (Å²) >= 11 is 3.27. The smallest absolute Gasteiger partial charge is 0.321 e. The lowest BCUT2D eigenvalue weighted by molar-refractivity contribution is -0.151. The van der Waals surface area contributed by atoms with Crippen LogP contribution < -0.4 is 5.32 Å². The van der Waals surface area contributed by atoms with E-state index in [0.717, 1.165) is 0 Å². The van der Waals surface area contributed by atoms with Crippen LogP contribution in [-0.2, 0) is 14.9 Å². The van der Waals surface area contributed by atoms with Gasteiger partial charge in [-0.1, -0.05) is 15.9 Å². The Balaban J connectivity index is 2.49. The molecule has 0 aromatic heterocycles. The van der Waals surface area contributed by atoms with Crippen LogP contribution in [0.5, 0.6) is 0 Å². The Morgan fingerprint density at radius 3 is 2.72 bits per heavy atom. The molecule has 0 radical (unpaired) electrons. The van der Waals surface area contributed by atoms with Gasteiger partial charge in [0.15, 0.2) is 0 Å². The molecule has 1 saturated heterocycles. The Morgan fingerprint density at radius 1 is 1.61 bits per heavy atom. The predicted octanol–water partition coefficient (Wildman–Crippen LogP) is 1.53. The van der Waals surface area contributed by atoms with E-state index in [2.05, 4.69) is 21.2 Å². The maximum absolute atomic E-state index is 13.9. The standard InChI is InChI=1S/C12H13BrFNO3/c1-15-10(11(16)17)12(5-18-6-12)8-4-7(13)2-3-9(8)14/h2-4,10,15H,5-6H2,1H3,(H,16,17). The molecular weight excluding hydrogens is 305 g/mol. The number of likely N-dealkylation sites (N-methyl/N-ethyl adjacent to an activating group) is 1. The molecule has 98 valence electrons. The van der Waals surface area contributed by atoms with E-state index in [1.807, 2.05) is 0 Å². The molecule has 1 heterocycles. The molecule has 2 rings (SSSR count). The number of carboxylic acids is 1. The fourth-order valence-corrected chi connectivity index (χ4v) is 2.68. The number of nitrogens with one attached hydrogen (secondary N) is 1. The van der Waals surface area contributed by atoms with Crippen molar-refractivity contribution < 1.29 is 19.0 Å². The van der Waals surface area contributed by atoms with E-state index < -0.39 is 23.2 Å². The minimum atomic E-state index is -1.01. The van der Waals surface area contributed by atoms with Gasteiger partial charge in [0.25, 0.3) is 0 Å². The van der Waals surface area contributed by atoms with Gasteiger partial charge in [-0.15, -0.1) is 0 Å². The first-order valence-corrected chi connectivity index (χ1v) is 6.24. The topological polar surface area (TPSA) is 58.6 Å². The molecule has 1 atom stereocenters. The van der Waals surface area contributed by atoms with E-state index in [4.69, 9.17) is 4.74 Å². The van der Waals surface area contributed by atoms with E-state index in [9.17, 15) is 14.3 Å². The number of halogens is 2. The lowest BCUT2D eigenvalue weighted by Gasteiger charge is -2.45. The Kier molecular flexibility index (Phi) is 3.70. The number of rotatable bonds is 4. The average molecular weight is 318 g/mol. The van der Waals surface area contributed by atoms with Gasteiger partial charge in [-0.05, 0) is 25.2 Å². The highest BCUT2D eigenvalue weighted by Gasteiger charge is 2.51. The van der Waals surface area contributed by atoms with Gasteiger partial charge in [-0.3, -0.25) is 4.79 Å². The van der Waals surface area contributed by atoms with E-state index in [1.54, 1.807) is 19.2 Å². The molecule has 2 N–H and O–H groups in total. The summed E-state index contributed by atoms with van der Waals surface area (Å²) in [5.41, 5.74) is -0.487. The van der Waals surface area contributed by atoms with E-state index in [-0.39, 0.29) is 13.2 Å². The van der Waals surface area contributed by atoms with Crippen LogP contribution in [0, 0.1) is 5.82 Å². The van der Waals surface area contributed by atoms with Crippen LogP contribution in [0.2, 0.25) is 0 Å². The second-order valence-corrected chi connectivity index (χ2v) is 5.25. The Bertz CT molecular complexity index is 476. The van der Waals surface area contributed by atoms with Crippen molar-refractivity contribution in [3.05, 3.63) is 34.1 Å². The van der Waals surface area contributed by atoms with Crippen molar-refractivity contribution in [3.8, 4) is 0 Å². The molecule has 1 aliphatic rings. The second kappa shape index (κ2) is 4.95. The quantitative estimate of drug-likeness (QED) is 0.884. The summed E-state index contributed by atoms with van der Waals surface area (Å²) in [6.45, 7) is 0.385. The molecule has 1 unspecified atom stereocenters. The third-order valence-electron chi connectivity index (χ3n) is 3.27. The first-order valence-electron chi connectivity index (χ1n) is 5.44. The zero-order valence-electron chi connectivity index (χ0n) is 9.74. The zero-order valence-corrected chi connectivity index (χ0v) is 11.3. The Labute approximate surface area is 112 Å². The molecule has 0 bridgehead atoms. The number of hydrogen-bond acceptors (Lipinski definition) is 3. The first kappa shape index (κ1) is 13.5. The first-order chi connectivity index (χ1) is 8.51. The number of carbonyl (C=O) groups is 1. The summed E-state index contributed by atoms with van der Waals surface area (Å²) < 4.78 is 19.8.